The number of carbonyl (C=O) groups is 2. The topological polar surface area (TPSA) is 61.4 Å². The van der Waals surface area contributed by atoms with Crippen LogP contribution in [0.3, 0.4) is 0 Å². The molecule has 7 heteroatoms. The number of benzene rings is 2. The van der Waals surface area contributed by atoms with Gasteiger partial charge in [0.25, 0.3) is 0 Å². The van der Waals surface area contributed by atoms with Gasteiger partial charge in [-0.2, -0.15) is 0 Å². The number of hydrogen-bond donors (Lipinski definition) is 2. The summed E-state index contributed by atoms with van der Waals surface area (Å²) in [6.45, 7) is 0.859. The molecule has 1 aliphatic heterocycles. The van der Waals surface area contributed by atoms with Gasteiger partial charge in [0.1, 0.15) is 5.82 Å². The predicted octanol–water partition coefficient (Wildman–Crippen LogP) is 3.65. The van der Waals surface area contributed by atoms with E-state index >= 15 is 0 Å². The van der Waals surface area contributed by atoms with E-state index < -0.39 is 0 Å². The molecule has 0 aliphatic carbocycles. The highest BCUT2D eigenvalue weighted by Gasteiger charge is 2.30. The summed E-state index contributed by atoms with van der Waals surface area (Å²) in [4.78, 5) is 25.7. The highest BCUT2D eigenvalue weighted by molar-refractivity contribution is 6.30. The number of anilines is 2. The number of amides is 3. The molecule has 0 radical (unpaired) electrons. The van der Waals surface area contributed by atoms with E-state index in [1.807, 2.05) is 0 Å². The molecule has 3 amide bonds. The largest absolute Gasteiger partial charge is 0.338 e. The van der Waals surface area contributed by atoms with Crippen molar-refractivity contribution in [1.82, 2.24) is 5.32 Å². The van der Waals surface area contributed by atoms with Crippen LogP contribution in [0.1, 0.15) is 6.42 Å². The Balaban J connectivity index is 1.51. The molecule has 25 heavy (non-hydrogen) atoms. The zero-order valence-corrected chi connectivity index (χ0v) is 14.1. The summed E-state index contributed by atoms with van der Waals surface area (Å²) in [5.41, 5.74) is 1.26. The second-order valence-electron chi connectivity index (χ2n) is 5.90. The highest BCUT2D eigenvalue weighted by Crippen LogP contribution is 2.25. The van der Waals surface area contributed by atoms with E-state index in [-0.39, 0.29) is 23.7 Å². The fourth-order valence-electron chi connectivity index (χ4n) is 2.77. The van der Waals surface area contributed by atoms with Crippen molar-refractivity contribution >= 4 is 34.9 Å². The van der Waals surface area contributed by atoms with Gasteiger partial charge >= 0.3 is 6.03 Å². The Morgan fingerprint density at radius 3 is 2.72 bits per heavy atom. The molecular formula is C18H17ClFN3O2. The molecule has 1 aliphatic rings. The second kappa shape index (κ2) is 7.53. The minimum absolute atomic E-state index is 0.00247. The van der Waals surface area contributed by atoms with Gasteiger partial charge in [0.15, 0.2) is 0 Å². The van der Waals surface area contributed by atoms with Gasteiger partial charge in [0, 0.05) is 41.8 Å². The first kappa shape index (κ1) is 17.2. The molecule has 1 atom stereocenters. The average molecular weight is 362 g/mol. The smallest absolute Gasteiger partial charge is 0.319 e. The van der Waals surface area contributed by atoms with Gasteiger partial charge in [0.2, 0.25) is 5.91 Å². The Bertz CT molecular complexity index is 782. The summed E-state index contributed by atoms with van der Waals surface area (Å²) in [5, 5.41) is 5.99. The van der Waals surface area contributed by atoms with Crippen LogP contribution in [0, 0.1) is 11.7 Å². The SMILES string of the molecule is O=C(NCC1CC(=O)N(c2ccc(F)cc2)C1)Nc1cccc(Cl)c1. The van der Waals surface area contributed by atoms with Crippen molar-refractivity contribution in [1.29, 1.82) is 0 Å². The lowest BCUT2D eigenvalue weighted by Gasteiger charge is -2.17. The second-order valence-corrected chi connectivity index (χ2v) is 6.33. The third kappa shape index (κ3) is 4.48. The highest BCUT2D eigenvalue weighted by atomic mass is 35.5. The zero-order chi connectivity index (χ0) is 17.8. The lowest BCUT2D eigenvalue weighted by Crippen LogP contribution is -2.34. The van der Waals surface area contributed by atoms with E-state index in [1.54, 1.807) is 41.3 Å². The molecule has 0 saturated carbocycles. The van der Waals surface area contributed by atoms with Crippen molar-refractivity contribution in [2.24, 2.45) is 5.92 Å². The number of halogens is 2. The van der Waals surface area contributed by atoms with Gasteiger partial charge in [0.05, 0.1) is 0 Å². The van der Waals surface area contributed by atoms with Crippen LogP contribution in [0.25, 0.3) is 0 Å². The van der Waals surface area contributed by atoms with E-state index in [0.717, 1.165) is 0 Å². The number of urea groups is 1. The normalized spacial score (nSPS) is 16.8. The van der Waals surface area contributed by atoms with Crippen LogP contribution in [0.5, 0.6) is 0 Å². The molecule has 5 nitrogen and oxygen atoms in total. The maximum atomic E-state index is 13.0. The Hall–Kier alpha value is -2.60. The predicted molar refractivity (Wildman–Crippen MR) is 95.3 cm³/mol. The number of nitrogens with one attached hydrogen (secondary N) is 2. The molecule has 2 aromatic carbocycles. The summed E-state index contributed by atoms with van der Waals surface area (Å²) in [5.74, 6) is -0.373. The Labute approximate surface area is 149 Å². The van der Waals surface area contributed by atoms with Crippen LogP contribution in [-0.2, 0) is 4.79 Å². The molecule has 0 spiro atoms. The van der Waals surface area contributed by atoms with Crippen molar-refractivity contribution in [3.63, 3.8) is 0 Å². The summed E-state index contributed by atoms with van der Waals surface area (Å²) < 4.78 is 13.0. The molecule has 1 unspecified atom stereocenters. The minimum Gasteiger partial charge on any atom is -0.338 e. The Kier molecular flexibility index (Phi) is 5.19. The first-order valence-electron chi connectivity index (χ1n) is 7.87. The first-order chi connectivity index (χ1) is 12.0. The van der Waals surface area contributed by atoms with Gasteiger partial charge in [-0.15, -0.1) is 0 Å². The van der Waals surface area contributed by atoms with Crippen LogP contribution in [0.4, 0.5) is 20.6 Å². The maximum Gasteiger partial charge on any atom is 0.319 e. The summed E-state index contributed by atoms with van der Waals surface area (Å²) in [6, 6.07) is 12.3. The number of hydrogen-bond acceptors (Lipinski definition) is 2. The van der Waals surface area contributed by atoms with E-state index in [1.165, 1.54) is 12.1 Å². The number of rotatable bonds is 4. The Morgan fingerprint density at radius 1 is 1.24 bits per heavy atom. The molecule has 3 rings (SSSR count). The summed E-state index contributed by atoms with van der Waals surface area (Å²) >= 11 is 5.87. The molecule has 1 saturated heterocycles. The van der Waals surface area contributed by atoms with E-state index in [9.17, 15) is 14.0 Å². The van der Waals surface area contributed by atoms with E-state index in [4.69, 9.17) is 11.6 Å². The van der Waals surface area contributed by atoms with Crippen molar-refractivity contribution in [2.45, 2.75) is 6.42 Å². The van der Waals surface area contributed by atoms with Crippen LogP contribution < -0.4 is 15.5 Å². The molecule has 0 bridgehead atoms. The average Bonchev–Trinajstić information content (AvgIpc) is 2.95. The molecule has 0 aromatic heterocycles. The molecule has 130 valence electrons. The summed E-state index contributed by atoms with van der Waals surface area (Å²) in [7, 11) is 0. The third-order valence-electron chi connectivity index (χ3n) is 3.98. The lowest BCUT2D eigenvalue weighted by atomic mass is 10.1. The van der Waals surface area contributed by atoms with Gasteiger partial charge in [-0.25, -0.2) is 9.18 Å². The monoisotopic (exact) mass is 361 g/mol. The molecule has 2 aromatic rings. The number of carbonyl (C=O) groups excluding carboxylic acids is 2. The molecular weight excluding hydrogens is 345 g/mol. The van der Waals surface area contributed by atoms with Gasteiger partial charge in [-0.1, -0.05) is 17.7 Å². The van der Waals surface area contributed by atoms with Gasteiger partial charge in [-0.05, 0) is 42.5 Å². The van der Waals surface area contributed by atoms with Crippen molar-refractivity contribution in [3.05, 3.63) is 59.4 Å². The van der Waals surface area contributed by atoms with Crippen molar-refractivity contribution < 1.29 is 14.0 Å². The van der Waals surface area contributed by atoms with Crippen LogP contribution >= 0.6 is 11.6 Å². The Morgan fingerprint density at radius 2 is 2.00 bits per heavy atom. The van der Waals surface area contributed by atoms with Crippen LogP contribution in [0.15, 0.2) is 48.5 Å². The first-order valence-corrected chi connectivity index (χ1v) is 8.25. The minimum atomic E-state index is -0.352. The molecule has 1 heterocycles. The van der Waals surface area contributed by atoms with Crippen LogP contribution in [0.2, 0.25) is 5.02 Å². The standard InChI is InChI=1S/C18H17ClFN3O2/c19-13-2-1-3-15(9-13)22-18(25)21-10-12-8-17(24)23(11-12)16-6-4-14(20)5-7-16/h1-7,9,12H,8,10-11H2,(H2,21,22,25). The van der Waals surface area contributed by atoms with Gasteiger partial charge < -0.3 is 15.5 Å². The van der Waals surface area contributed by atoms with Crippen molar-refractivity contribution in [3.8, 4) is 0 Å². The summed E-state index contributed by atoms with van der Waals surface area (Å²) in [6.07, 6.45) is 0.342. The van der Waals surface area contributed by atoms with E-state index in [0.29, 0.717) is 35.9 Å². The zero-order valence-electron chi connectivity index (χ0n) is 13.3. The molecule has 2 N–H and O–H groups in total. The number of nitrogens with zero attached hydrogens (tertiary/aromatic N) is 1. The lowest BCUT2D eigenvalue weighted by molar-refractivity contribution is -0.117. The van der Waals surface area contributed by atoms with Crippen LogP contribution in [-0.4, -0.2) is 25.0 Å². The van der Waals surface area contributed by atoms with Gasteiger partial charge in [-0.3, -0.25) is 4.79 Å². The van der Waals surface area contributed by atoms with E-state index in [2.05, 4.69) is 10.6 Å². The quantitative estimate of drug-likeness (QED) is 0.873. The fraction of sp³-hybridized carbons (Fsp3) is 0.222. The third-order valence-corrected chi connectivity index (χ3v) is 4.21. The maximum absolute atomic E-state index is 13.0. The fourth-order valence-corrected chi connectivity index (χ4v) is 2.96. The molecule has 1 fully saturated rings. The van der Waals surface area contributed by atoms with Crippen molar-refractivity contribution in [2.75, 3.05) is 23.3 Å².